The molecular formula is C18H15ClN4OS. The average molecular weight is 371 g/mol. The predicted molar refractivity (Wildman–Crippen MR) is 100 cm³/mol. The second-order valence-electron chi connectivity index (χ2n) is 5.42. The largest absolute Gasteiger partial charge is 0.448 e. The molecule has 1 aliphatic heterocycles. The van der Waals surface area contributed by atoms with Gasteiger partial charge in [-0.1, -0.05) is 60.6 Å². The van der Waals surface area contributed by atoms with E-state index in [4.69, 9.17) is 16.3 Å². The molecule has 1 N–H and O–H groups in total. The summed E-state index contributed by atoms with van der Waals surface area (Å²) in [5.41, 5.74) is 3.37. The van der Waals surface area contributed by atoms with E-state index >= 15 is 0 Å². The third kappa shape index (κ3) is 3.27. The van der Waals surface area contributed by atoms with Crippen molar-refractivity contribution < 1.29 is 4.74 Å². The topological polar surface area (TPSA) is 59.9 Å². The monoisotopic (exact) mass is 370 g/mol. The van der Waals surface area contributed by atoms with Crippen molar-refractivity contribution in [2.24, 2.45) is 0 Å². The van der Waals surface area contributed by atoms with Crippen LogP contribution < -0.4 is 10.1 Å². The van der Waals surface area contributed by atoms with Gasteiger partial charge in [-0.3, -0.25) is 0 Å². The molecule has 1 aliphatic rings. The Hall–Kier alpha value is -2.31. The Kier molecular flexibility index (Phi) is 4.46. The molecule has 0 saturated heterocycles. The molecule has 0 amide bonds. The van der Waals surface area contributed by atoms with Crippen LogP contribution in [-0.2, 0) is 0 Å². The SMILES string of the molecule is CCSc1nnc2c(n1)O[C@@H](c1cccc(Cl)c1)Nc1ccccc1-2. The minimum atomic E-state index is -0.419. The first-order valence-electron chi connectivity index (χ1n) is 7.90. The lowest BCUT2D eigenvalue weighted by molar-refractivity contribution is 0.225. The lowest BCUT2D eigenvalue weighted by Gasteiger charge is -2.19. The highest BCUT2D eigenvalue weighted by molar-refractivity contribution is 7.99. The number of nitrogens with one attached hydrogen (secondary N) is 1. The first kappa shape index (κ1) is 16.2. The Bertz CT molecular complexity index is 921. The van der Waals surface area contributed by atoms with Gasteiger partial charge in [0.1, 0.15) is 0 Å². The molecular weight excluding hydrogens is 356 g/mol. The van der Waals surface area contributed by atoms with E-state index in [2.05, 4.69) is 20.5 Å². The molecule has 7 heteroatoms. The van der Waals surface area contributed by atoms with E-state index in [0.29, 0.717) is 21.8 Å². The van der Waals surface area contributed by atoms with E-state index in [1.54, 1.807) is 0 Å². The minimum absolute atomic E-state index is 0.419. The predicted octanol–water partition coefficient (Wildman–Crippen LogP) is 4.81. The number of rotatable bonds is 3. The molecule has 0 fully saturated rings. The number of hydrogen-bond donors (Lipinski definition) is 1. The number of aromatic nitrogens is 3. The minimum Gasteiger partial charge on any atom is -0.448 e. The van der Waals surface area contributed by atoms with E-state index in [9.17, 15) is 0 Å². The average Bonchev–Trinajstić information content (AvgIpc) is 2.78. The van der Waals surface area contributed by atoms with Gasteiger partial charge in [-0.15, -0.1) is 10.2 Å². The number of nitrogens with zero attached hydrogens (tertiary/aromatic N) is 3. The summed E-state index contributed by atoms with van der Waals surface area (Å²) in [6.07, 6.45) is -0.419. The van der Waals surface area contributed by atoms with E-state index in [1.807, 2.05) is 55.5 Å². The van der Waals surface area contributed by atoms with E-state index in [1.165, 1.54) is 11.8 Å². The van der Waals surface area contributed by atoms with Crippen LogP contribution in [-0.4, -0.2) is 20.9 Å². The van der Waals surface area contributed by atoms with Gasteiger partial charge in [-0.05, 0) is 24.0 Å². The van der Waals surface area contributed by atoms with Crippen LogP contribution >= 0.6 is 23.4 Å². The van der Waals surface area contributed by atoms with Crippen molar-refractivity contribution in [2.75, 3.05) is 11.1 Å². The number of halogens is 1. The van der Waals surface area contributed by atoms with Gasteiger partial charge in [0.25, 0.3) is 0 Å². The van der Waals surface area contributed by atoms with E-state index in [-0.39, 0.29) is 0 Å². The molecule has 0 bridgehead atoms. The standard InChI is InChI=1S/C18H15ClN4OS/c1-2-25-18-21-17-15(22-23-18)13-8-3-4-9-14(13)20-16(24-17)11-6-5-7-12(19)10-11/h3-10,16,20H,2H2,1H3/t16-/m0/s1. The first-order valence-corrected chi connectivity index (χ1v) is 9.26. The maximum atomic E-state index is 6.17. The number of para-hydroxylation sites is 1. The Morgan fingerprint density at radius 2 is 2.04 bits per heavy atom. The Morgan fingerprint density at radius 3 is 2.88 bits per heavy atom. The summed E-state index contributed by atoms with van der Waals surface area (Å²) in [5.74, 6) is 1.33. The summed E-state index contributed by atoms with van der Waals surface area (Å²) in [6, 6.07) is 15.5. The number of thioether (sulfide) groups is 1. The highest BCUT2D eigenvalue weighted by Gasteiger charge is 2.25. The van der Waals surface area contributed by atoms with Gasteiger partial charge >= 0.3 is 0 Å². The van der Waals surface area contributed by atoms with Crippen molar-refractivity contribution in [1.82, 2.24) is 15.2 Å². The van der Waals surface area contributed by atoms with Crippen LogP contribution in [0.15, 0.2) is 53.7 Å². The van der Waals surface area contributed by atoms with Gasteiger partial charge in [-0.25, -0.2) is 0 Å². The Labute approximate surface area is 154 Å². The molecule has 2 heterocycles. The maximum Gasteiger partial charge on any atom is 0.247 e. The summed E-state index contributed by atoms with van der Waals surface area (Å²) >= 11 is 7.68. The van der Waals surface area contributed by atoms with Crippen LogP contribution in [0.25, 0.3) is 11.3 Å². The van der Waals surface area contributed by atoms with Crippen molar-refractivity contribution in [3.05, 3.63) is 59.1 Å². The van der Waals surface area contributed by atoms with Crippen molar-refractivity contribution in [2.45, 2.75) is 18.3 Å². The second kappa shape index (κ2) is 6.90. The molecule has 3 aromatic rings. The molecule has 25 heavy (non-hydrogen) atoms. The Balaban J connectivity index is 1.84. The molecule has 0 spiro atoms. The lowest BCUT2D eigenvalue weighted by Crippen LogP contribution is -2.17. The molecule has 4 rings (SSSR count). The molecule has 126 valence electrons. The van der Waals surface area contributed by atoms with Crippen LogP contribution in [0.2, 0.25) is 5.02 Å². The second-order valence-corrected chi connectivity index (χ2v) is 7.09. The van der Waals surface area contributed by atoms with Crippen LogP contribution in [0, 0.1) is 0 Å². The van der Waals surface area contributed by atoms with Gasteiger partial charge in [-0.2, -0.15) is 4.98 Å². The number of anilines is 1. The van der Waals surface area contributed by atoms with Crippen LogP contribution in [0.4, 0.5) is 5.69 Å². The smallest absolute Gasteiger partial charge is 0.247 e. The van der Waals surface area contributed by atoms with Crippen LogP contribution in [0.3, 0.4) is 0 Å². The highest BCUT2D eigenvalue weighted by Crippen LogP contribution is 2.39. The zero-order valence-electron chi connectivity index (χ0n) is 13.4. The zero-order chi connectivity index (χ0) is 17.2. The summed E-state index contributed by atoms with van der Waals surface area (Å²) in [4.78, 5) is 4.55. The molecule has 1 atom stereocenters. The van der Waals surface area contributed by atoms with Gasteiger partial charge in [0.15, 0.2) is 11.9 Å². The summed E-state index contributed by atoms with van der Waals surface area (Å²) in [7, 11) is 0. The number of benzene rings is 2. The molecule has 0 aliphatic carbocycles. The summed E-state index contributed by atoms with van der Waals surface area (Å²) < 4.78 is 6.17. The highest BCUT2D eigenvalue weighted by atomic mass is 35.5. The molecule has 1 aromatic heterocycles. The van der Waals surface area contributed by atoms with Crippen molar-refractivity contribution in [3.63, 3.8) is 0 Å². The van der Waals surface area contributed by atoms with Gasteiger partial charge in [0, 0.05) is 21.8 Å². The molecule has 0 radical (unpaired) electrons. The lowest BCUT2D eigenvalue weighted by atomic mass is 10.1. The van der Waals surface area contributed by atoms with Gasteiger partial charge in [0.2, 0.25) is 11.0 Å². The fourth-order valence-corrected chi connectivity index (χ4v) is 3.36. The molecule has 0 saturated carbocycles. The number of fused-ring (bicyclic) bond motifs is 3. The normalized spacial score (nSPS) is 15.4. The van der Waals surface area contributed by atoms with Gasteiger partial charge in [0.05, 0.1) is 0 Å². The molecule has 2 aromatic carbocycles. The van der Waals surface area contributed by atoms with Crippen molar-refractivity contribution in [3.8, 4) is 17.1 Å². The van der Waals surface area contributed by atoms with Gasteiger partial charge < -0.3 is 10.1 Å². The quantitative estimate of drug-likeness (QED) is 0.668. The molecule has 5 nitrogen and oxygen atoms in total. The van der Waals surface area contributed by atoms with E-state index < -0.39 is 6.23 Å². The van der Waals surface area contributed by atoms with Crippen molar-refractivity contribution >= 4 is 29.1 Å². The first-order chi connectivity index (χ1) is 12.2. The van der Waals surface area contributed by atoms with Crippen LogP contribution in [0.5, 0.6) is 5.88 Å². The molecule has 0 unspecified atom stereocenters. The number of hydrogen-bond acceptors (Lipinski definition) is 6. The van der Waals surface area contributed by atoms with Crippen LogP contribution in [0.1, 0.15) is 18.7 Å². The third-order valence-electron chi connectivity index (χ3n) is 3.76. The third-order valence-corrected chi connectivity index (χ3v) is 4.71. The fraction of sp³-hybridized carbons (Fsp3) is 0.167. The fourth-order valence-electron chi connectivity index (χ4n) is 2.66. The summed E-state index contributed by atoms with van der Waals surface area (Å²) in [6.45, 7) is 2.05. The Morgan fingerprint density at radius 1 is 1.16 bits per heavy atom. The maximum absolute atomic E-state index is 6.17. The zero-order valence-corrected chi connectivity index (χ0v) is 15.0. The summed E-state index contributed by atoms with van der Waals surface area (Å²) in [5, 5.41) is 13.2. The van der Waals surface area contributed by atoms with Crippen molar-refractivity contribution in [1.29, 1.82) is 0 Å². The number of ether oxygens (including phenoxy) is 1. The van der Waals surface area contributed by atoms with E-state index in [0.717, 1.165) is 22.6 Å².